The summed E-state index contributed by atoms with van der Waals surface area (Å²) in [6, 6.07) is 10.2. The van der Waals surface area contributed by atoms with Crippen LogP contribution in [0.2, 0.25) is 0 Å². The number of nitrogens with zero attached hydrogens (tertiary/aromatic N) is 3. The van der Waals surface area contributed by atoms with Crippen LogP contribution in [0.15, 0.2) is 30.3 Å². The number of benzene rings is 1. The second kappa shape index (κ2) is 7.16. The van der Waals surface area contributed by atoms with Crippen molar-refractivity contribution in [2.75, 3.05) is 32.7 Å². The summed E-state index contributed by atoms with van der Waals surface area (Å²) in [4.78, 5) is 31.5. The Kier molecular flexibility index (Phi) is 4.75. The number of carbonyl (C=O) groups excluding carboxylic acids is 2. The van der Waals surface area contributed by atoms with Gasteiger partial charge in [0.15, 0.2) is 0 Å². The van der Waals surface area contributed by atoms with Gasteiger partial charge >= 0.3 is 0 Å². The third-order valence-electron chi connectivity index (χ3n) is 5.71. The summed E-state index contributed by atoms with van der Waals surface area (Å²) in [6.45, 7) is 4.76. The third-order valence-corrected chi connectivity index (χ3v) is 5.71. The zero-order valence-corrected chi connectivity index (χ0v) is 14.8. The van der Waals surface area contributed by atoms with Gasteiger partial charge < -0.3 is 9.80 Å². The summed E-state index contributed by atoms with van der Waals surface area (Å²) in [5, 5.41) is 0. The molecule has 0 bridgehead atoms. The number of piperidine rings is 1. The molecule has 1 aliphatic carbocycles. The summed E-state index contributed by atoms with van der Waals surface area (Å²) < 4.78 is 0. The summed E-state index contributed by atoms with van der Waals surface area (Å²) in [7, 11) is 0. The van der Waals surface area contributed by atoms with E-state index in [1.165, 1.54) is 5.56 Å². The molecule has 4 rings (SSSR count). The molecule has 2 saturated heterocycles. The molecule has 2 aliphatic heterocycles. The number of amides is 2. The minimum atomic E-state index is -0.00404. The lowest BCUT2D eigenvalue weighted by atomic mass is 10.0. The molecule has 25 heavy (non-hydrogen) atoms. The molecule has 5 nitrogen and oxygen atoms in total. The van der Waals surface area contributed by atoms with Crippen LogP contribution in [0.5, 0.6) is 0 Å². The smallest absolute Gasteiger partial charge is 0.240 e. The van der Waals surface area contributed by atoms with Crippen molar-refractivity contribution in [3.8, 4) is 0 Å². The van der Waals surface area contributed by atoms with E-state index in [-0.39, 0.29) is 11.9 Å². The van der Waals surface area contributed by atoms with E-state index >= 15 is 0 Å². The summed E-state index contributed by atoms with van der Waals surface area (Å²) in [5.74, 6) is 0.890. The molecular weight excluding hydrogens is 314 g/mol. The van der Waals surface area contributed by atoms with Gasteiger partial charge in [0.05, 0.1) is 6.04 Å². The van der Waals surface area contributed by atoms with E-state index in [2.05, 4.69) is 17.0 Å². The molecule has 0 spiro atoms. The number of hydrogen-bond donors (Lipinski definition) is 0. The zero-order chi connectivity index (χ0) is 17.2. The highest BCUT2D eigenvalue weighted by atomic mass is 16.2. The second-order valence-electron chi connectivity index (χ2n) is 7.54. The fourth-order valence-corrected chi connectivity index (χ4v) is 4.06. The van der Waals surface area contributed by atoms with Gasteiger partial charge in [0.2, 0.25) is 11.8 Å². The predicted molar refractivity (Wildman–Crippen MR) is 95.8 cm³/mol. The number of likely N-dealkylation sites (tertiary alicyclic amines) is 1. The predicted octanol–water partition coefficient (Wildman–Crippen LogP) is 1.73. The number of piperazine rings is 1. The number of carbonyl (C=O) groups is 2. The lowest BCUT2D eigenvalue weighted by molar-refractivity contribution is -0.143. The third kappa shape index (κ3) is 3.71. The van der Waals surface area contributed by atoms with Gasteiger partial charge in [0, 0.05) is 45.2 Å². The minimum absolute atomic E-state index is 0.00404. The molecule has 134 valence electrons. The highest BCUT2D eigenvalue weighted by Gasteiger charge is 2.38. The molecule has 5 heteroatoms. The van der Waals surface area contributed by atoms with Gasteiger partial charge in [-0.3, -0.25) is 14.5 Å². The molecule has 0 radical (unpaired) electrons. The highest BCUT2D eigenvalue weighted by molar-refractivity contribution is 5.83. The van der Waals surface area contributed by atoms with Crippen LogP contribution < -0.4 is 0 Å². The quantitative estimate of drug-likeness (QED) is 0.838. The van der Waals surface area contributed by atoms with Crippen molar-refractivity contribution in [2.45, 2.75) is 38.3 Å². The van der Waals surface area contributed by atoms with E-state index in [1.807, 2.05) is 28.0 Å². The topological polar surface area (TPSA) is 43.9 Å². The highest BCUT2D eigenvalue weighted by Crippen LogP contribution is 2.31. The summed E-state index contributed by atoms with van der Waals surface area (Å²) in [6.07, 6.45) is 4.13. The van der Waals surface area contributed by atoms with Gasteiger partial charge in [-0.25, -0.2) is 0 Å². The molecule has 1 aromatic rings. The first-order chi connectivity index (χ1) is 12.2. The average molecular weight is 341 g/mol. The fraction of sp³-hybridized carbons (Fsp3) is 0.600. The molecule has 0 unspecified atom stereocenters. The van der Waals surface area contributed by atoms with Crippen LogP contribution in [0, 0.1) is 5.92 Å². The Labute approximate surface area is 149 Å². The van der Waals surface area contributed by atoms with Crippen molar-refractivity contribution in [3.05, 3.63) is 35.9 Å². The SMILES string of the molecule is O=C(C1CC1)N1CCN([C@@H]2CCCN(Cc3ccccc3)C2=O)CC1. The molecule has 2 heterocycles. The van der Waals surface area contributed by atoms with E-state index in [0.29, 0.717) is 18.4 Å². The maximum absolute atomic E-state index is 13.0. The van der Waals surface area contributed by atoms with Crippen LogP contribution in [0.25, 0.3) is 0 Å². The summed E-state index contributed by atoms with van der Waals surface area (Å²) >= 11 is 0. The first kappa shape index (κ1) is 16.6. The minimum Gasteiger partial charge on any atom is -0.340 e. The maximum Gasteiger partial charge on any atom is 0.240 e. The Balaban J connectivity index is 1.34. The Morgan fingerprint density at radius 1 is 0.960 bits per heavy atom. The van der Waals surface area contributed by atoms with Crippen LogP contribution in [-0.4, -0.2) is 65.3 Å². The lowest BCUT2D eigenvalue weighted by Crippen LogP contribution is -2.58. The molecule has 1 atom stereocenters. The monoisotopic (exact) mass is 341 g/mol. The van der Waals surface area contributed by atoms with E-state index in [0.717, 1.165) is 58.4 Å². The fourth-order valence-electron chi connectivity index (χ4n) is 4.06. The van der Waals surface area contributed by atoms with Crippen molar-refractivity contribution in [3.63, 3.8) is 0 Å². The van der Waals surface area contributed by atoms with Gasteiger partial charge in [0.1, 0.15) is 0 Å². The molecule has 2 amide bonds. The van der Waals surface area contributed by atoms with Crippen molar-refractivity contribution in [2.24, 2.45) is 5.92 Å². The average Bonchev–Trinajstić information content (AvgIpc) is 3.49. The Morgan fingerprint density at radius 2 is 1.68 bits per heavy atom. The van der Waals surface area contributed by atoms with E-state index in [1.54, 1.807) is 0 Å². The van der Waals surface area contributed by atoms with Crippen LogP contribution in [0.4, 0.5) is 0 Å². The van der Waals surface area contributed by atoms with Gasteiger partial charge in [-0.1, -0.05) is 30.3 Å². The first-order valence-electron chi connectivity index (χ1n) is 9.58. The maximum atomic E-state index is 13.0. The number of hydrogen-bond acceptors (Lipinski definition) is 3. The molecule has 1 aromatic carbocycles. The van der Waals surface area contributed by atoms with Crippen LogP contribution >= 0.6 is 0 Å². The zero-order valence-electron chi connectivity index (χ0n) is 14.8. The second-order valence-corrected chi connectivity index (χ2v) is 7.54. The summed E-state index contributed by atoms with van der Waals surface area (Å²) in [5.41, 5.74) is 1.19. The van der Waals surface area contributed by atoms with Gasteiger partial charge in [0.25, 0.3) is 0 Å². The van der Waals surface area contributed by atoms with Crippen molar-refractivity contribution in [1.82, 2.24) is 14.7 Å². The van der Waals surface area contributed by atoms with E-state index in [4.69, 9.17) is 0 Å². The van der Waals surface area contributed by atoms with Crippen LogP contribution in [-0.2, 0) is 16.1 Å². The molecule has 3 aliphatic rings. The number of rotatable bonds is 4. The lowest BCUT2D eigenvalue weighted by Gasteiger charge is -2.42. The molecule has 3 fully saturated rings. The van der Waals surface area contributed by atoms with Crippen LogP contribution in [0.1, 0.15) is 31.2 Å². The van der Waals surface area contributed by atoms with Gasteiger partial charge in [-0.05, 0) is 31.2 Å². The molecule has 1 saturated carbocycles. The van der Waals surface area contributed by atoms with Crippen molar-refractivity contribution >= 4 is 11.8 Å². The van der Waals surface area contributed by atoms with Crippen molar-refractivity contribution in [1.29, 1.82) is 0 Å². The van der Waals surface area contributed by atoms with E-state index in [9.17, 15) is 9.59 Å². The first-order valence-corrected chi connectivity index (χ1v) is 9.58. The molecule has 0 N–H and O–H groups in total. The Bertz CT molecular complexity index is 621. The molecular formula is C20H27N3O2. The Hall–Kier alpha value is -1.88. The van der Waals surface area contributed by atoms with Gasteiger partial charge in [-0.2, -0.15) is 0 Å². The van der Waals surface area contributed by atoms with Crippen molar-refractivity contribution < 1.29 is 9.59 Å². The largest absolute Gasteiger partial charge is 0.340 e. The van der Waals surface area contributed by atoms with Crippen LogP contribution in [0.3, 0.4) is 0 Å². The Morgan fingerprint density at radius 3 is 2.36 bits per heavy atom. The van der Waals surface area contributed by atoms with E-state index < -0.39 is 0 Å². The molecule has 0 aromatic heterocycles. The normalized spacial score (nSPS) is 25.3. The van der Waals surface area contributed by atoms with Gasteiger partial charge in [-0.15, -0.1) is 0 Å². The standard InChI is InChI=1S/C20H27N3O2/c24-19(17-8-9-17)22-13-11-21(12-14-22)18-7-4-10-23(20(18)25)15-16-5-2-1-3-6-16/h1-3,5-6,17-18H,4,7-15H2/t18-/m1/s1.